The molecule has 0 unspecified atom stereocenters. The first-order valence-corrected chi connectivity index (χ1v) is 5.14. The number of rotatable bonds is 2. The summed E-state index contributed by atoms with van der Waals surface area (Å²) < 4.78 is 37.7. The third-order valence-electron chi connectivity index (χ3n) is 1.97. The summed E-state index contributed by atoms with van der Waals surface area (Å²) in [5.41, 5.74) is 0. The Morgan fingerprint density at radius 3 is 2.62 bits per heavy atom. The molecule has 2 atom stereocenters. The molecular formula is C6H10FNO4S. The Bertz CT molecular complexity index is 302. The minimum Gasteiger partial charge on any atom is -0.468 e. The number of nitrogens with one attached hydrogen (secondary N) is 1. The van der Waals surface area contributed by atoms with Crippen LogP contribution < -0.4 is 5.32 Å². The number of ether oxygens (including phenoxy) is 1. The van der Waals surface area contributed by atoms with E-state index in [-0.39, 0.29) is 13.0 Å². The van der Waals surface area contributed by atoms with Crippen LogP contribution in [0.1, 0.15) is 6.42 Å². The van der Waals surface area contributed by atoms with E-state index in [0.717, 1.165) is 0 Å². The Kier molecular flexibility index (Phi) is 2.87. The lowest BCUT2D eigenvalue weighted by molar-refractivity contribution is -0.142. The zero-order valence-corrected chi connectivity index (χ0v) is 7.80. The fourth-order valence-corrected chi connectivity index (χ4v) is 1.96. The van der Waals surface area contributed by atoms with Crippen molar-refractivity contribution >= 4 is 16.2 Å². The van der Waals surface area contributed by atoms with Gasteiger partial charge in [0.15, 0.2) is 0 Å². The summed E-state index contributed by atoms with van der Waals surface area (Å²) in [7, 11) is -3.35. The maximum Gasteiger partial charge on any atom is 0.322 e. The smallest absolute Gasteiger partial charge is 0.322 e. The Labute approximate surface area is 75.5 Å². The van der Waals surface area contributed by atoms with Crippen molar-refractivity contribution in [2.24, 2.45) is 0 Å². The summed E-state index contributed by atoms with van der Waals surface area (Å²) in [6.07, 6.45) is -0.0640. The second-order valence-corrected chi connectivity index (χ2v) is 4.44. The van der Waals surface area contributed by atoms with Crippen molar-refractivity contribution in [3.8, 4) is 0 Å². The van der Waals surface area contributed by atoms with E-state index in [2.05, 4.69) is 10.1 Å². The molecule has 0 aliphatic carbocycles. The van der Waals surface area contributed by atoms with E-state index < -0.39 is 27.5 Å². The molecule has 7 heteroatoms. The summed E-state index contributed by atoms with van der Waals surface area (Å²) in [4.78, 5) is 10.9. The number of halogens is 1. The predicted molar refractivity (Wildman–Crippen MR) is 42.2 cm³/mol. The van der Waals surface area contributed by atoms with Gasteiger partial charge in [0.2, 0.25) is 0 Å². The van der Waals surface area contributed by atoms with Gasteiger partial charge in [-0.3, -0.25) is 4.79 Å². The average Bonchev–Trinajstić information content (AvgIpc) is 2.50. The average molecular weight is 211 g/mol. The second kappa shape index (κ2) is 3.59. The number of hydrogen-bond donors (Lipinski definition) is 1. The SMILES string of the molecule is COC(=O)[C@@H]1C[C@@H](S(=O)(=O)F)CN1. The highest BCUT2D eigenvalue weighted by atomic mass is 32.3. The molecular weight excluding hydrogens is 201 g/mol. The zero-order valence-electron chi connectivity index (χ0n) is 6.99. The molecule has 0 saturated carbocycles. The fourth-order valence-electron chi connectivity index (χ4n) is 1.24. The Morgan fingerprint density at radius 2 is 2.23 bits per heavy atom. The molecule has 76 valence electrons. The lowest BCUT2D eigenvalue weighted by atomic mass is 10.2. The van der Waals surface area contributed by atoms with E-state index in [0.29, 0.717) is 0 Å². The van der Waals surface area contributed by atoms with Gasteiger partial charge in [-0.05, 0) is 6.42 Å². The number of esters is 1. The lowest BCUT2D eigenvalue weighted by Gasteiger charge is -2.05. The van der Waals surface area contributed by atoms with E-state index in [1.165, 1.54) is 7.11 Å². The van der Waals surface area contributed by atoms with Crippen LogP contribution >= 0.6 is 0 Å². The Balaban J connectivity index is 2.60. The normalized spacial score (nSPS) is 28.8. The molecule has 1 aliphatic rings. The van der Waals surface area contributed by atoms with Crippen LogP contribution in [0.3, 0.4) is 0 Å². The second-order valence-electron chi connectivity index (χ2n) is 2.82. The molecule has 5 nitrogen and oxygen atoms in total. The number of carbonyl (C=O) groups is 1. The number of carbonyl (C=O) groups excluding carboxylic acids is 1. The maximum atomic E-state index is 12.4. The molecule has 0 aromatic rings. The number of hydrogen-bond acceptors (Lipinski definition) is 5. The van der Waals surface area contributed by atoms with Crippen molar-refractivity contribution in [3.05, 3.63) is 0 Å². The molecule has 1 fully saturated rings. The molecule has 0 bridgehead atoms. The van der Waals surface area contributed by atoms with E-state index >= 15 is 0 Å². The van der Waals surface area contributed by atoms with Crippen LogP contribution in [-0.4, -0.2) is 39.3 Å². The van der Waals surface area contributed by atoms with Crippen LogP contribution in [0.25, 0.3) is 0 Å². The van der Waals surface area contributed by atoms with E-state index in [1.807, 2.05) is 0 Å². The Hall–Kier alpha value is -0.690. The van der Waals surface area contributed by atoms with E-state index in [4.69, 9.17) is 0 Å². The molecule has 1 rings (SSSR count). The predicted octanol–water partition coefficient (Wildman–Crippen LogP) is -0.811. The first kappa shape index (κ1) is 10.4. The van der Waals surface area contributed by atoms with Gasteiger partial charge in [-0.2, -0.15) is 8.42 Å². The van der Waals surface area contributed by atoms with Crippen molar-refractivity contribution in [2.75, 3.05) is 13.7 Å². The van der Waals surface area contributed by atoms with Crippen LogP contribution in [0.5, 0.6) is 0 Å². The van der Waals surface area contributed by atoms with Crippen molar-refractivity contribution in [1.82, 2.24) is 5.32 Å². The quantitative estimate of drug-likeness (QED) is 0.477. The molecule has 0 spiro atoms. The van der Waals surface area contributed by atoms with Gasteiger partial charge in [0.1, 0.15) is 11.3 Å². The van der Waals surface area contributed by atoms with Crippen LogP contribution in [-0.2, 0) is 19.8 Å². The summed E-state index contributed by atoms with van der Waals surface area (Å²) in [5.74, 6) is -0.564. The van der Waals surface area contributed by atoms with Gasteiger partial charge in [0, 0.05) is 6.54 Å². The van der Waals surface area contributed by atoms with Crippen LogP contribution in [0.15, 0.2) is 0 Å². The molecule has 0 aromatic heterocycles. The van der Waals surface area contributed by atoms with Crippen molar-refractivity contribution in [2.45, 2.75) is 17.7 Å². The Morgan fingerprint density at radius 1 is 1.62 bits per heavy atom. The summed E-state index contributed by atoms with van der Waals surface area (Å²) in [5, 5.41) is 1.44. The molecule has 1 saturated heterocycles. The van der Waals surface area contributed by atoms with E-state index in [9.17, 15) is 17.1 Å². The fraction of sp³-hybridized carbons (Fsp3) is 0.833. The zero-order chi connectivity index (χ0) is 10.1. The first-order valence-electron chi connectivity index (χ1n) is 3.70. The third kappa shape index (κ3) is 2.38. The van der Waals surface area contributed by atoms with Crippen molar-refractivity contribution in [3.63, 3.8) is 0 Å². The van der Waals surface area contributed by atoms with Crippen LogP contribution in [0.2, 0.25) is 0 Å². The van der Waals surface area contributed by atoms with Crippen molar-refractivity contribution < 1.29 is 21.8 Å². The topological polar surface area (TPSA) is 72.5 Å². The highest BCUT2D eigenvalue weighted by Gasteiger charge is 2.37. The summed E-state index contributed by atoms with van der Waals surface area (Å²) in [6.45, 7) is -0.0431. The van der Waals surface area contributed by atoms with Gasteiger partial charge in [0.05, 0.1) is 7.11 Å². The van der Waals surface area contributed by atoms with E-state index in [1.54, 1.807) is 0 Å². The minimum atomic E-state index is -4.55. The monoisotopic (exact) mass is 211 g/mol. The molecule has 0 radical (unpaired) electrons. The molecule has 1 N–H and O–H groups in total. The summed E-state index contributed by atoms with van der Waals surface area (Å²) >= 11 is 0. The third-order valence-corrected chi connectivity index (χ3v) is 3.13. The van der Waals surface area contributed by atoms with Gasteiger partial charge in [-0.1, -0.05) is 0 Å². The van der Waals surface area contributed by atoms with Gasteiger partial charge in [-0.25, -0.2) is 0 Å². The lowest BCUT2D eigenvalue weighted by Crippen LogP contribution is -2.31. The van der Waals surface area contributed by atoms with Gasteiger partial charge >= 0.3 is 16.2 Å². The molecule has 1 aliphatic heterocycles. The number of methoxy groups -OCH3 is 1. The van der Waals surface area contributed by atoms with Crippen molar-refractivity contribution in [1.29, 1.82) is 0 Å². The van der Waals surface area contributed by atoms with Crippen LogP contribution in [0, 0.1) is 0 Å². The van der Waals surface area contributed by atoms with Gasteiger partial charge in [-0.15, -0.1) is 3.89 Å². The summed E-state index contributed by atoms with van der Waals surface area (Å²) in [6, 6.07) is -0.708. The standard InChI is InChI=1S/C6H10FNO4S/c1-12-6(9)5-2-4(3-8-5)13(7,10)11/h4-5,8H,2-3H2,1H3/t4-,5+/m1/s1. The van der Waals surface area contributed by atoms with Gasteiger partial charge < -0.3 is 10.1 Å². The molecule has 0 aromatic carbocycles. The van der Waals surface area contributed by atoms with Gasteiger partial charge in [0.25, 0.3) is 0 Å². The molecule has 1 heterocycles. The largest absolute Gasteiger partial charge is 0.468 e. The molecule has 0 amide bonds. The highest BCUT2D eigenvalue weighted by molar-refractivity contribution is 7.87. The maximum absolute atomic E-state index is 12.4. The molecule has 13 heavy (non-hydrogen) atoms. The first-order chi connectivity index (χ1) is 5.95. The minimum absolute atomic E-state index is 0.0431. The highest BCUT2D eigenvalue weighted by Crippen LogP contribution is 2.16. The van der Waals surface area contributed by atoms with Crippen LogP contribution in [0.4, 0.5) is 3.89 Å².